The highest BCUT2D eigenvalue weighted by atomic mass is 32.3. The summed E-state index contributed by atoms with van der Waals surface area (Å²) in [5, 5.41) is 0. The Hall–Kier alpha value is -0.170. The lowest BCUT2D eigenvalue weighted by Crippen LogP contribution is -2.37. The monoisotopic (exact) mass is 216 g/mol. The molecule has 1 aliphatic rings. The fraction of sp³-hybridized carbons (Fsp3) is 1.00. The molecule has 12 heavy (non-hydrogen) atoms. The van der Waals surface area contributed by atoms with Gasteiger partial charge in [-0.15, -0.1) is 3.89 Å². The van der Waals surface area contributed by atoms with Crippen molar-refractivity contribution in [3.05, 3.63) is 0 Å². The van der Waals surface area contributed by atoms with E-state index in [1.807, 2.05) is 0 Å². The first-order valence-electron chi connectivity index (χ1n) is 3.41. The van der Waals surface area contributed by atoms with Crippen LogP contribution in [0.1, 0.15) is 6.42 Å². The summed E-state index contributed by atoms with van der Waals surface area (Å²) in [6.45, 7) is 0. The summed E-state index contributed by atoms with van der Waals surface area (Å²) in [7, 11) is -7.34. The number of hydrogen-bond donors (Lipinski definition) is 0. The molecule has 1 saturated heterocycles. The van der Waals surface area contributed by atoms with Crippen molar-refractivity contribution >= 4 is 20.1 Å². The van der Waals surface area contributed by atoms with Gasteiger partial charge in [0.15, 0.2) is 9.84 Å². The van der Waals surface area contributed by atoms with E-state index in [-0.39, 0.29) is 23.8 Å². The van der Waals surface area contributed by atoms with E-state index in [0.717, 1.165) is 0 Å². The molecule has 7 heteroatoms. The standard InChI is InChI=1S/C5H9FO4S2/c6-12(9,10)2-1-5-3-11(7,8)4-5/h5H,1-4H2. The van der Waals surface area contributed by atoms with Crippen LogP contribution in [0.3, 0.4) is 0 Å². The number of sulfone groups is 1. The number of rotatable bonds is 3. The molecule has 72 valence electrons. The van der Waals surface area contributed by atoms with Crippen molar-refractivity contribution in [3.63, 3.8) is 0 Å². The van der Waals surface area contributed by atoms with E-state index in [0.29, 0.717) is 0 Å². The van der Waals surface area contributed by atoms with Gasteiger partial charge in [0.2, 0.25) is 0 Å². The molecular weight excluding hydrogens is 207 g/mol. The molecule has 0 saturated carbocycles. The van der Waals surface area contributed by atoms with Gasteiger partial charge in [0, 0.05) is 0 Å². The predicted octanol–water partition coefficient (Wildman–Crippen LogP) is -0.280. The van der Waals surface area contributed by atoms with Crippen molar-refractivity contribution in [2.45, 2.75) is 6.42 Å². The molecular formula is C5H9FO4S2. The maximum Gasteiger partial charge on any atom is 0.302 e. The minimum absolute atomic E-state index is 0.00250. The van der Waals surface area contributed by atoms with Crippen LogP contribution in [0.5, 0.6) is 0 Å². The maximum absolute atomic E-state index is 11.9. The SMILES string of the molecule is O=S(=O)(F)CCC1CS(=O)(=O)C1. The molecule has 0 spiro atoms. The second-order valence-electron chi connectivity index (χ2n) is 2.97. The fourth-order valence-corrected chi connectivity index (χ4v) is 3.43. The third-order valence-electron chi connectivity index (χ3n) is 1.75. The molecule has 0 aromatic rings. The van der Waals surface area contributed by atoms with Gasteiger partial charge in [-0.2, -0.15) is 8.42 Å². The normalized spacial score (nSPS) is 23.4. The number of halogens is 1. The van der Waals surface area contributed by atoms with Gasteiger partial charge in [0.1, 0.15) is 0 Å². The fourth-order valence-electron chi connectivity index (χ4n) is 1.14. The second kappa shape index (κ2) is 2.95. The Bertz CT molecular complexity index is 343. The van der Waals surface area contributed by atoms with Crippen LogP contribution in [0.2, 0.25) is 0 Å². The molecule has 0 aromatic carbocycles. The molecule has 0 radical (unpaired) electrons. The van der Waals surface area contributed by atoms with Gasteiger partial charge < -0.3 is 0 Å². The third-order valence-corrected chi connectivity index (χ3v) is 4.43. The molecule has 1 aliphatic heterocycles. The Kier molecular flexibility index (Phi) is 2.44. The van der Waals surface area contributed by atoms with Crippen LogP contribution in [0.4, 0.5) is 3.89 Å². The third kappa shape index (κ3) is 3.06. The van der Waals surface area contributed by atoms with Crippen LogP contribution in [0.15, 0.2) is 0 Å². The van der Waals surface area contributed by atoms with Gasteiger partial charge in [-0.05, 0) is 12.3 Å². The minimum Gasteiger partial charge on any atom is -0.229 e. The topological polar surface area (TPSA) is 68.3 Å². The summed E-state index contributed by atoms with van der Waals surface area (Å²) in [4.78, 5) is 0. The van der Waals surface area contributed by atoms with Crippen LogP contribution in [-0.2, 0) is 20.1 Å². The van der Waals surface area contributed by atoms with Crippen molar-refractivity contribution in [3.8, 4) is 0 Å². The highest BCUT2D eigenvalue weighted by Gasteiger charge is 2.33. The van der Waals surface area contributed by atoms with E-state index in [4.69, 9.17) is 0 Å². The highest BCUT2D eigenvalue weighted by Crippen LogP contribution is 2.22. The summed E-state index contributed by atoms with van der Waals surface area (Å²) in [6, 6.07) is 0. The summed E-state index contributed by atoms with van der Waals surface area (Å²) < 4.78 is 53.1. The lowest BCUT2D eigenvalue weighted by molar-refractivity contribution is 0.499. The van der Waals surface area contributed by atoms with Crippen molar-refractivity contribution in [2.24, 2.45) is 5.92 Å². The molecule has 0 aromatic heterocycles. The largest absolute Gasteiger partial charge is 0.302 e. The van der Waals surface area contributed by atoms with Gasteiger partial charge in [0.05, 0.1) is 17.3 Å². The first-order valence-corrected chi connectivity index (χ1v) is 6.79. The van der Waals surface area contributed by atoms with Gasteiger partial charge in [-0.25, -0.2) is 8.42 Å². The van der Waals surface area contributed by atoms with Crippen LogP contribution >= 0.6 is 0 Å². The molecule has 0 N–H and O–H groups in total. The molecule has 0 aliphatic carbocycles. The van der Waals surface area contributed by atoms with Crippen molar-refractivity contribution in [1.82, 2.24) is 0 Å². The van der Waals surface area contributed by atoms with Gasteiger partial charge >= 0.3 is 10.2 Å². The summed E-state index contributed by atoms with van der Waals surface area (Å²) in [5.74, 6) is -0.723. The Morgan fingerprint density at radius 2 is 1.83 bits per heavy atom. The average molecular weight is 216 g/mol. The Labute approximate surface area is 70.9 Å². The van der Waals surface area contributed by atoms with E-state index in [2.05, 4.69) is 0 Å². The molecule has 0 bridgehead atoms. The van der Waals surface area contributed by atoms with Crippen molar-refractivity contribution in [1.29, 1.82) is 0 Å². The van der Waals surface area contributed by atoms with Crippen LogP contribution in [-0.4, -0.2) is 34.1 Å². The van der Waals surface area contributed by atoms with E-state index >= 15 is 0 Å². The van der Waals surface area contributed by atoms with Gasteiger partial charge in [-0.1, -0.05) is 0 Å². The minimum atomic E-state index is -4.43. The lowest BCUT2D eigenvalue weighted by Gasteiger charge is -2.24. The van der Waals surface area contributed by atoms with Gasteiger partial charge in [0.25, 0.3) is 0 Å². The second-order valence-corrected chi connectivity index (χ2v) is 6.61. The molecule has 1 heterocycles. The zero-order valence-corrected chi connectivity index (χ0v) is 7.87. The molecule has 4 nitrogen and oxygen atoms in total. The van der Waals surface area contributed by atoms with E-state index in [1.165, 1.54) is 0 Å². The highest BCUT2D eigenvalue weighted by molar-refractivity contribution is 7.92. The smallest absolute Gasteiger partial charge is 0.229 e. The van der Waals surface area contributed by atoms with Crippen LogP contribution in [0, 0.1) is 5.92 Å². The Morgan fingerprint density at radius 3 is 2.17 bits per heavy atom. The van der Waals surface area contributed by atoms with Crippen LogP contribution in [0.25, 0.3) is 0 Å². The predicted molar refractivity (Wildman–Crippen MR) is 41.7 cm³/mol. The average Bonchev–Trinajstić information content (AvgIpc) is 1.76. The molecule has 0 unspecified atom stereocenters. The van der Waals surface area contributed by atoms with Crippen molar-refractivity contribution in [2.75, 3.05) is 17.3 Å². The summed E-state index contributed by atoms with van der Waals surface area (Å²) >= 11 is 0. The molecule has 0 atom stereocenters. The van der Waals surface area contributed by atoms with E-state index in [9.17, 15) is 20.7 Å². The Morgan fingerprint density at radius 1 is 1.33 bits per heavy atom. The van der Waals surface area contributed by atoms with Gasteiger partial charge in [-0.3, -0.25) is 0 Å². The Balaban J connectivity index is 2.30. The quantitative estimate of drug-likeness (QED) is 0.608. The molecule has 1 rings (SSSR count). The van der Waals surface area contributed by atoms with E-state index in [1.54, 1.807) is 0 Å². The lowest BCUT2D eigenvalue weighted by atomic mass is 10.1. The zero-order chi connectivity index (χ0) is 9.41. The maximum atomic E-state index is 11.9. The summed E-state index contributed by atoms with van der Waals surface area (Å²) in [5.41, 5.74) is 0. The first-order chi connectivity index (χ1) is 5.29. The molecule has 1 fully saturated rings. The first kappa shape index (κ1) is 9.91. The van der Waals surface area contributed by atoms with E-state index < -0.39 is 25.8 Å². The molecule has 0 amide bonds. The number of hydrogen-bond acceptors (Lipinski definition) is 4. The summed E-state index contributed by atoms with van der Waals surface area (Å²) in [6.07, 6.45) is 0.109. The van der Waals surface area contributed by atoms with Crippen LogP contribution < -0.4 is 0 Å². The van der Waals surface area contributed by atoms with Crippen molar-refractivity contribution < 1.29 is 20.7 Å². The zero-order valence-electron chi connectivity index (χ0n) is 6.23.